The molecule has 1 amide bonds. The van der Waals surface area contributed by atoms with E-state index in [0.29, 0.717) is 10.7 Å². The van der Waals surface area contributed by atoms with Crippen LogP contribution in [-0.2, 0) is 11.3 Å². The van der Waals surface area contributed by atoms with Crippen molar-refractivity contribution in [3.8, 4) is 11.4 Å². The van der Waals surface area contributed by atoms with E-state index in [1.807, 2.05) is 30.0 Å². The molecule has 5 nitrogen and oxygen atoms in total. The van der Waals surface area contributed by atoms with Gasteiger partial charge in [-0.2, -0.15) is 5.10 Å². The number of benzene rings is 1. The van der Waals surface area contributed by atoms with Gasteiger partial charge in [0.1, 0.15) is 6.54 Å². The summed E-state index contributed by atoms with van der Waals surface area (Å²) in [5.41, 5.74) is 2.12. The predicted octanol–water partition coefficient (Wildman–Crippen LogP) is 3.17. The second-order valence-electron chi connectivity index (χ2n) is 6.40. The maximum atomic E-state index is 12.6. The number of aromatic amines is 1. The van der Waals surface area contributed by atoms with Crippen LogP contribution in [-0.4, -0.2) is 38.7 Å². The van der Waals surface area contributed by atoms with Crippen molar-refractivity contribution in [2.45, 2.75) is 33.2 Å². The normalized spacial score (nSPS) is 18.2. The lowest BCUT2D eigenvalue weighted by Crippen LogP contribution is -2.40. The van der Waals surface area contributed by atoms with Crippen molar-refractivity contribution in [2.24, 2.45) is 5.92 Å². The fourth-order valence-corrected chi connectivity index (χ4v) is 3.32. The number of carbonyl (C=O) groups excluding carboxylic acids is 1. The van der Waals surface area contributed by atoms with Crippen LogP contribution < -0.4 is 0 Å². The first-order valence-corrected chi connectivity index (χ1v) is 8.45. The Hall–Kier alpha value is -1.95. The Kier molecular flexibility index (Phi) is 4.61. The van der Waals surface area contributed by atoms with E-state index in [-0.39, 0.29) is 12.5 Å². The minimum Gasteiger partial charge on any atom is -0.341 e. The van der Waals surface area contributed by atoms with E-state index in [4.69, 9.17) is 12.2 Å². The van der Waals surface area contributed by atoms with Crippen molar-refractivity contribution in [1.82, 2.24) is 19.7 Å². The summed E-state index contributed by atoms with van der Waals surface area (Å²) in [6, 6.07) is 8.06. The quantitative estimate of drug-likeness (QED) is 0.880. The maximum absolute atomic E-state index is 12.6. The van der Waals surface area contributed by atoms with Gasteiger partial charge in [-0.05, 0) is 44.0 Å². The molecule has 1 fully saturated rings. The molecule has 1 aliphatic rings. The topological polar surface area (TPSA) is 53.9 Å². The molecule has 0 aliphatic carbocycles. The molecule has 1 aromatic heterocycles. The van der Waals surface area contributed by atoms with E-state index in [1.165, 1.54) is 6.42 Å². The number of hydrogen-bond donors (Lipinski definition) is 1. The number of aromatic nitrogens is 3. The average molecular weight is 330 g/mol. The van der Waals surface area contributed by atoms with E-state index in [2.05, 4.69) is 23.2 Å². The lowest BCUT2D eigenvalue weighted by Gasteiger charge is -2.31. The molecule has 1 N–H and O–H groups in total. The summed E-state index contributed by atoms with van der Waals surface area (Å²) < 4.78 is 2.28. The van der Waals surface area contributed by atoms with E-state index < -0.39 is 0 Å². The van der Waals surface area contributed by atoms with Gasteiger partial charge in [-0.25, -0.2) is 0 Å². The van der Waals surface area contributed by atoms with E-state index in [1.54, 1.807) is 4.57 Å². The first-order valence-electron chi connectivity index (χ1n) is 8.04. The number of rotatable bonds is 3. The smallest absolute Gasteiger partial charge is 0.242 e. The maximum Gasteiger partial charge on any atom is 0.242 e. The zero-order chi connectivity index (χ0) is 16.4. The largest absolute Gasteiger partial charge is 0.341 e. The van der Waals surface area contributed by atoms with Gasteiger partial charge in [0, 0.05) is 18.7 Å². The molecule has 6 heteroatoms. The number of nitrogens with one attached hydrogen (secondary N) is 1. The van der Waals surface area contributed by atoms with Gasteiger partial charge < -0.3 is 4.90 Å². The number of carbonyl (C=O) groups is 1. The molecule has 0 spiro atoms. The highest BCUT2D eigenvalue weighted by Crippen LogP contribution is 2.20. The van der Waals surface area contributed by atoms with Crippen LogP contribution in [0.15, 0.2) is 24.3 Å². The van der Waals surface area contributed by atoms with Gasteiger partial charge in [-0.1, -0.05) is 30.7 Å². The number of likely N-dealkylation sites (tertiary alicyclic amines) is 1. The first kappa shape index (κ1) is 15.9. The minimum absolute atomic E-state index is 0.114. The van der Waals surface area contributed by atoms with Gasteiger partial charge in [-0.3, -0.25) is 14.5 Å². The lowest BCUT2D eigenvalue weighted by atomic mass is 10.0. The lowest BCUT2D eigenvalue weighted by molar-refractivity contribution is -0.133. The third kappa shape index (κ3) is 3.52. The van der Waals surface area contributed by atoms with Gasteiger partial charge in [0.15, 0.2) is 10.6 Å². The van der Waals surface area contributed by atoms with Gasteiger partial charge in [0.25, 0.3) is 0 Å². The first-order chi connectivity index (χ1) is 11.0. The molecule has 23 heavy (non-hydrogen) atoms. The minimum atomic E-state index is 0.114. The summed E-state index contributed by atoms with van der Waals surface area (Å²) in [4.78, 5) is 14.6. The monoisotopic (exact) mass is 330 g/mol. The molecule has 0 bridgehead atoms. The highest BCUT2D eigenvalue weighted by Gasteiger charge is 2.22. The number of amides is 1. The van der Waals surface area contributed by atoms with Gasteiger partial charge in [-0.15, -0.1) is 0 Å². The van der Waals surface area contributed by atoms with Crippen molar-refractivity contribution in [3.05, 3.63) is 34.6 Å². The standard InChI is InChI=1S/C17H22N4OS/c1-12-5-3-7-14(9-12)16-18-19-17(23)21(16)11-15(22)20-8-4-6-13(2)10-20/h3,5,7,9,13H,4,6,8,10-11H2,1-2H3,(H,19,23)/t13-/m1/s1. The summed E-state index contributed by atoms with van der Waals surface area (Å²) in [6.45, 7) is 6.15. The molecular weight excluding hydrogens is 308 g/mol. The fourth-order valence-electron chi connectivity index (χ4n) is 3.12. The fraction of sp³-hybridized carbons (Fsp3) is 0.471. The number of H-pyrrole nitrogens is 1. The molecule has 3 rings (SSSR count). The predicted molar refractivity (Wildman–Crippen MR) is 92.6 cm³/mol. The third-order valence-corrected chi connectivity index (χ3v) is 4.65. The van der Waals surface area contributed by atoms with Crippen molar-refractivity contribution >= 4 is 18.1 Å². The summed E-state index contributed by atoms with van der Waals surface area (Å²) in [7, 11) is 0. The average Bonchev–Trinajstić information content (AvgIpc) is 2.88. The van der Waals surface area contributed by atoms with Crippen LogP contribution in [0.4, 0.5) is 0 Å². The third-order valence-electron chi connectivity index (χ3n) is 4.34. The highest BCUT2D eigenvalue weighted by atomic mass is 32.1. The molecule has 2 aromatic rings. The van der Waals surface area contributed by atoms with Crippen LogP contribution in [0.25, 0.3) is 11.4 Å². The van der Waals surface area contributed by atoms with Gasteiger partial charge in [0.2, 0.25) is 5.91 Å². The Morgan fingerprint density at radius 2 is 2.30 bits per heavy atom. The van der Waals surface area contributed by atoms with E-state index in [0.717, 1.165) is 36.5 Å². The van der Waals surface area contributed by atoms with Crippen LogP contribution in [0.1, 0.15) is 25.3 Å². The zero-order valence-corrected chi connectivity index (χ0v) is 14.4. The molecule has 122 valence electrons. The molecule has 0 unspecified atom stereocenters. The molecule has 0 saturated carbocycles. The zero-order valence-electron chi connectivity index (χ0n) is 13.6. The summed E-state index contributed by atoms with van der Waals surface area (Å²) in [6.07, 6.45) is 2.28. The second-order valence-corrected chi connectivity index (χ2v) is 6.78. The van der Waals surface area contributed by atoms with Crippen LogP contribution in [0.3, 0.4) is 0 Å². The van der Waals surface area contributed by atoms with Crippen LogP contribution in [0.5, 0.6) is 0 Å². The molecule has 0 radical (unpaired) electrons. The Morgan fingerprint density at radius 3 is 3.04 bits per heavy atom. The van der Waals surface area contributed by atoms with Crippen LogP contribution in [0.2, 0.25) is 0 Å². The van der Waals surface area contributed by atoms with Crippen LogP contribution >= 0.6 is 12.2 Å². The van der Waals surface area contributed by atoms with E-state index in [9.17, 15) is 4.79 Å². The molecule has 1 atom stereocenters. The molecular formula is C17H22N4OS. The number of aryl methyl sites for hydroxylation is 1. The van der Waals surface area contributed by atoms with Gasteiger partial charge >= 0.3 is 0 Å². The van der Waals surface area contributed by atoms with Crippen molar-refractivity contribution < 1.29 is 4.79 Å². The van der Waals surface area contributed by atoms with Crippen molar-refractivity contribution in [1.29, 1.82) is 0 Å². The Balaban J connectivity index is 1.84. The summed E-state index contributed by atoms with van der Waals surface area (Å²) in [5, 5.41) is 7.13. The van der Waals surface area contributed by atoms with E-state index >= 15 is 0 Å². The molecule has 2 heterocycles. The molecule has 1 aliphatic heterocycles. The highest BCUT2D eigenvalue weighted by molar-refractivity contribution is 7.71. The number of hydrogen-bond acceptors (Lipinski definition) is 3. The van der Waals surface area contributed by atoms with Crippen molar-refractivity contribution in [2.75, 3.05) is 13.1 Å². The number of nitrogens with zero attached hydrogens (tertiary/aromatic N) is 3. The Labute approximate surface area is 141 Å². The SMILES string of the molecule is Cc1cccc(-c2n[nH]c(=S)n2CC(=O)N2CCC[C@@H](C)C2)c1. The molecule has 1 saturated heterocycles. The van der Waals surface area contributed by atoms with Gasteiger partial charge in [0.05, 0.1) is 0 Å². The number of piperidine rings is 1. The molecule has 1 aromatic carbocycles. The van der Waals surface area contributed by atoms with Crippen molar-refractivity contribution in [3.63, 3.8) is 0 Å². The Bertz CT molecular complexity index is 764. The Morgan fingerprint density at radius 1 is 1.48 bits per heavy atom. The second kappa shape index (κ2) is 6.66. The summed E-state index contributed by atoms with van der Waals surface area (Å²) in [5.74, 6) is 1.40. The van der Waals surface area contributed by atoms with Crippen LogP contribution in [0, 0.1) is 17.6 Å². The summed E-state index contributed by atoms with van der Waals surface area (Å²) >= 11 is 5.32.